The highest BCUT2D eigenvalue weighted by atomic mass is 16.3. The molecule has 6 nitrogen and oxygen atoms in total. The standard InChI is InChI=1S/C48H95NO5/c1-3-5-7-9-11-13-15-17-19-21-22-23-24-25-26-28-30-32-34-36-38-40-42-46(52)48(54)49-44(43-50)47(53)45(51)41-39-37-35-33-31-29-27-20-18-16-14-12-10-8-6-4-2/h25-26,44-47,50-53H,3-24,27-43H2,1-2H3,(H,49,54)/b26-25-. The van der Waals surface area contributed by atoms with E-state index in [-0.39, 0.29) is 0 Å². The molecule has 0 aliphatic carbocycles. The van der Waals surface area contributed by atoms with E-state index in [0.717, 1.165) is 44.9 Å². The number of hydrogen-bond donors (Lipinski definition) is 5. The van der Waals surface area contributed by atoms with Crippen molar-refractivity contribution in [2.45, 2.75) is 282 Å². The summed E-state index contributed by atoms with van der Waals surface area (Å²) in [6.07, 6.45) is 48.2. The highest BCUT2D eigenvalue weighted by molar-refractivity contribution is 5.80. The molecule has 6 heteroatoms. The van der Waals surface area contributed by atoms with E-state index in [4.69, 9.17) is 0 Å². The molecule has 0 radical (unpaired) electrons. The SMILES string of the molecule is CCCCCCCCCCCCCC/C=C\CCCCCCCCC(O)C(=O)NC(CO)C(O)C(O)CCCCCCCCCCCCCCCCCC. The average molecular weight is 766 g/mol. The largest absolute Gasteiger partial charge is 0.394 e. The third kappa shape index (κ3) is 36.7. The summed E-state index contributed by atoms with van der Waals surface area (Å²) in [4.78, 5) is 12.5. The van der Waals surface area contributed by atoms with Crippen molar-refractivity contribution in [3.63, 3.8) is 0 Å². The molecule has 0 fully saturated rings. The van der Waals surface area contributed by atoms with Crippen molar-refractivity contribution in [3.05, 3.63) is 12.2 Å². The molecule has 0 spiro atoms. The third-order valence-corrected chi connectivity index (χ3v) is 11.5. The highest BCUT2D eigenvalue weighted by Gasteiger charge is 2.28. The molecule has 0 saturated carbocycles. The first-order valence-corrected chi connectivity index (χ1v) is 24.1. The van der Waals surface area contributed by atoms with E-state index in [1.54, 1.807) is 0 Å². The lowest BCUT2D eigenvalue weighted by molar-refractivity contribution is -0.132. The number of hydrogen-bond acceptors (Lipinski definition) is 5. The second kappa shape index (κ2) is 43.2. The zero-order chi connectivity index (χ0) is 39.6. The van der Waals surface area contributed by atoms with E-state index in [9.17, 15) is 25.2 Å². The van der Waals surface area contributed by atoms with Gasteiger partial charge in [-0.15, -0.1) is 0 Å². The maximum atomic E-state index is 12.5. The van der Waals surface area contributed by atoms with E-state index < -0.39 is 36.9 Å². The van der Waals surface area contributed by atoms with Crippen LogP contribution in [0, 0.1) is 0 Å². The van der Waals surface area contributed by atoms with Gasteiger partial charge in [-0.05, 0) is 38.5 Å². The van der Waals surface area contributed by atoms with Crippen molar-refractivity contribution in [2.75, 3.05) is 6.61 Å². The number of amides is 1. The van der Waals surface area contributed by atoms with Gasteiger partial charge in [0.15, 0.2) is 0 Å². The van der Waals surface area contributed by atoms with Gasteiger partial charge in [0.1, 0.15) is 12.2 Å². The van der Waals surface area contributed by atoms with Crippen LogP contribution in [0.15, 0.2) is 12.2 Å². The van der Waals surface area contributed by atoms with Gasteiger partial charge in [-0.2, -0.15) is 0 Å². The summed E-state index contributed by atoms with van der Waals surface area (Å²) in [6, 6.07) is -0.984. The first-order chi connectivity index (χ1) is 26.5. The van der Waals surface area contributed by atoms with Crippen molar-refractivity contribution < 1.29 is 25.2 Å². The number of carbonyl (C=O) groups is 1. The summed E-state index contributed by atoms with van der Waals surface area (Å²) in [5.41, 5.74) is 0. The van der Waals surface area contributed by atoms with Gasteiger partial charge in [0.2, 0.25) is 5.91 Å². The number of allylic oxidation sites excluding steroid dienone is 2. The number of nitrogens with one attached hydrogen (secondary N) is 1. The molecule has 0 heterocycles. The van der Waals surface area contributed by atoms with Crippen molar-refractivity contribution in [2.24, 2.45) is 0 Å². The normalized spacial score (nSPS) is 14.1. The highest BCUT2D eigenvalue weighted by Crippen LogP contribution is 2.17. The molecule has 5 N–H and O–H groups in total. The molecule has 0 bridgehead atoms. The Morgan fingerprint density at radius 1 is 0.444 bits per heavy atom. The average Bonchev–Trinajstić information content (AvgIpc) is 3.18. The van der Waals surface area contributed by atoms with Crippen molar-refractivity contribution in [3.8, 4) is 0 Å². The Morgan fingerprint density at radius 2 is 0.741 bits per heavy atom. The smallest absolute Gasteiger partial charge is 0.249 e. The fourth-order valence-electron chi connectivity index (χ4n) is 7.64. The summed E-state index contributed by atoms with van der Waals surface area (Å²) >= 11 is 0. The van der Waals surface area contributed by atoms with Crippen LogP contribution in [-0.4, -0.2) is 57.3 Å². The van der Waals surface area contributed by atoms with Crippen LogP contribution < -0.4 is 5.32 Å². The minimum absolute atomic E-state index is 0.365. The van der Waals surface area contributed by atoms with Crippen LogP contribution in [0.5, 0.6) is 0 Å². The van der Waals surface area contributed by atoms with Gasteiger partial charge in [-0.3, -0.25) is 4.79 Å². The second-order valence-corrected chi connectivity index (χ2v) is 16.8. The van der Waals surface area contributed by atoms with Crippen LogP contribution in [0.1, 0.15) is 258 Å². The Morgan fingerprint density at radius 3 is 1.07 bits per heavy atom. The lowest BCUT2D eigenvalue weighted by Gasteiger charge is -2.27. The summed E-state index contributed by atoms with van der Waals surface area (Å²) < 4.78 is 0. The molecule has 1 amide bonds. The van der Waals surface area contributed by atoms with Gasteiger partial charge in [0.05, 0.1) is 18.8 Å². The van der Waals surface area contributed by atoms with Crippen molar-refractivity contribution >= 4 is 5.91 Å². The Hall–Kier alpha value is -0.950. The molecule has 4 atom stereocenters. The number of carbonyl (C=O) groups excluding carboxylic acids is 1. The summed E-state index contributed by atoms with van der Waals surface area (Å²) in [6.45, 7) is 4.07. The molecule has 0 aromatic rings. The summed E-state index contributed by atoms with van der Waals surface area (Å²) in [5.74, 6) is -0.585. The van der Waals surface area contributed by atoms with Gasteiger partial charge < -0.3 is 25.7 Å². The first kappa shape index (κ1) is 53.0. The molecule has 0 aromatic heterocycles. The van der Waals surface area contributed by atoms with E-state index >= 15 is 0 Å². The quantitative estimate of drug-likeness (QED) is 0.0313. The van der Waals surface area contributed by atoms with Crippen LogP contribution in [0.2, 0.25) is 0 Å². The molecular weight excluding hydrogens is 671 g/mol. The number of aliphatic hydroxyl groups excluding tert-OH is 4. The lowest BCUT2D eigenvalue weighted by atomic mass is 9.99. The Labute approximate surface area is 336 Å². The second-order valence-electron chi connectivity index (χ2n) is 16.8. The topological polar surface area (TPSA) is 110 Å². The fourth-order valence-corrected chi connectivity index (χ4v) is 7.64. The monoisotopic (exact) mass is 766 g/mol. The van der Waals surface area contributed by atoms with Crippen LogP contribution in [0.3, 0.4) is 0 Å². The van der Waals surface area contributed by atoms with E-state index in [1.807, 2.05) is 0 Å². The summed E-state index contributed by atoms with van der Waals surface area (Å²) in [5, 5.41) is 43.8. The van der Waals surface area contributed by atoms with Crippen molar-refractivity contribution in [1.82, 2.24) is 5.32 Å². The van der Waals surface area contributed by atoms with E-state index in [2.05, 4.69) is 31.3 Å². The van der Waals surface area contributed by atoms with Gasteiger partial charge in [-0.25, -0.2) is 0 Å². The summed E-state index contributed by atoms with van der Waals surface area (Å²) in [7, 11) is 0. The number of aliphatic hydroxyl groups is 4. The molecule has 0 aliphatic heterocycles. The Kier molecular flexibility index (Phi) is 42.4. The molecule has 0 rings (SSSR count). The van der Waals surface area contributed by atoms with Crippen LogP contribution in [0.25, 0.3) is 0 Å². The van der Waals surface area contributed by atoms with Gasteiger partial charge >= 0.3 is 0 Å². The molecule has 0 saturated heterocycles. The number of unbranched alkanes of at least 4 members (excludes halogenated alkanes) is 33. The Balaban J connectivity index is 3.69. The van der Waals surface area contributed by atoms with E-state index in [0.29, 0.717) is 12.8 Å². The number of rotatable bonds is 44. The molecular formula is C48H95NO5. The lowest BCUT2D eigenvalue weighted by Crippen LogP contribution is -2.53. The first-order valence-electron chi connectivity index (χ1n) is 24.1. The molecule has 0 aromatic carbocycles. The zero-order valence-corrected chi connectivity index (χ0v) is 36.2. The van der Waals surface area contributed by atoms with Crippen LogP contribution >= 0.6 is 0 Å². The van der Waals surface area contributed by atoms with Gasteiger partial charge in [0.25, 0.3) is 0 Å². The minimum atomic E-state index is -1.26. The maximum absolute atomic E-state index is 12.5. The molecule has 4 unspecified atom stereocenters. The van der Waals surface area contributed by atoms with E-state index in [1.165, 1.54) is 186 Å². The molecule has 54 heavy (non-hydrogen) atoms. The maximum Gasteiger partial charge on any atom is 0.249 e. The predicted molar refractivity (Wildman–Crippen MR) is 233 cm³/mol. The zero-order valence-electron chi connectivity index (χ0n) is 36.2. The van der Waals surface area contributed by atoms with Gasteiger partial charge in [-0.1, -0.05) is 231 Å². The Bertz CT molecular complexity index is 776. The minimum Gasteiger partial charge on any atom is -0.394 e. The fraction of sp³-hybridized carbons (Fsp3) is 0.938. The third-order valence-electron chi connectivity index (χ3n) is 11.5. The molecule has 322 valence electrons. The van der Waals surface area contributed by atoms with Crippen molar-refractivity contribution in [1.29, 1.82) is 0 Å². The van der Waals surface area contributed by atoms with Crippen LogP contribution in [-0.2, 0) is 4.79 Å². The predicted octanol–water partition coefficient (Wildman–Crippen LogP) is 13.0. The van der Waals surface area contributed by atoms with Crippen LogP contribution in [0.4, 0.5) is 0 Å². The molecule has 0 aliphatic rings. The van der Waals surface area contributed by atoms with Gasteiger partial charge in [0, 0.05) is 0 Å².